The van der Waals surface area contributed by atoms with Gasteiger partial charge >= 0.3 is 12.0 Å². The molecular weight excluding hydrogens is 586 g/mol. The van der Waals surface area contributed by atoms with Crippen LogP contribution in [-0.2, 0) is 32.0 Å². The number of hydrogen-bond donors (Lipinski definition) is 2. The maximum absolute atomic E-state index is 13.1. The number of fused-ring (bicyclic) bond motifs is 1. The van der Waals surface area contributed by atoms with Gasteiger partial charge in [0.15, 0.2) is 0 Å². The zero-order valence-electron chi connectivity index (χ0n) is 25.9. The number of morpholine rings is 1. The van der Waals surface area contributed by atoms with E-state index < -0.39 is 11.9 Å². The van der Waals surface area contributed by atoms with E-state index >= 15 is 0 Å². The molecule has 0 radical (unpaired) electrons. The Hall–Kier alpha value is -4.74. The van der Waals surface area contributed by atoms with Crippen LogP contribution in [0, 0.1) is 5.92 Å². The highest BCUT2D eigenvalue weighted by Gasteiger charge is 2.40. The fraction of sp³-hybridized carbons (Fsp3) is 0.371. The number of nitrogens with one attached hydrogen (secondary N) is 1. The molecule has 0 spiro atoms. The van der Waals surface area contributed by atoms with Gasteiger partial charge in [-0.15, -0.1) is 0 Å². The minimum absolute atomic E-state index is 0.0645. The van der Waals surface area contributed by atoms with Gasteiger partial charge in [-0.05, 0) is 53.4 Å². The van der Waals surface area contributed by atoms with Crippen LogP contribution in [-0.4, -0.2) is 98.3 Å². The zero-order valence-corrected chi connectivity index (χ0v) is 25.9. The highest BCUT2D eigenvalue weighted by molar-refractivity contribution is 6.03. The van der Waals surface area contributed by atoms with E-state index in [0.29, 0.717) is 50.8 Å². The Morgan fingerprint density at radius 3 is 2.35 bits per heavy atom. The lowest BCUT2D eigenvalue weighted by molar-refractivity contribution is -0.142. The van der Waals surface area contributed by atoms with Gasteiger partial charge in [-0.3, -0.25) is 24.2 Å². The first-order valence-corrected chi connectivity index (χ1v) is 15.7. The first kappa shape index (κ1) is 31.3. The third-order valence-electron chi connectivity index (χ3n) is 9.23. The zero-order chi connectivity index (χ0) is 32.2. The molecule has 2 N–H and O–H groups in total. The van der Waals surface area contributed by atoms with Crippen molar-refractivity contribution in [1.29, 1.82) is 0 Å². The smallest absolute Gasteiger partial charge is 0.326 e. The van der Waals surface area contributed by atoms with Crippen LogP contribution in [0.5, 0.6) is 0 Å². The maximum Gasteiger partial charge on any atom is 0.326 e. The van der Waals surface area contributed by atoms with Crippen molar-refractivity contribution in [3.05, 3.63) is 89.5 Å². The fourth-order valence-electron chi connectivity index (χ4n) is 6.47. The fourth-order valence-corrected chi connectivity index (χ4v) is 6.47. The Bertz CT molecular complexity index is 1590. The van der Waals surface area contributed by atoms with Crippen LogP contribution in [0.25, 0.3) is 0 Å². The number of nitrogens with zero attached hydrogens (tertiary/aromatic N) is 4. The molecule has 6 rings (SSSR count). The third-order valence-corrected chi connectivity index (χ3v) is 9.23. The van der Waals surface area contributed by atoms with E-state index in [0.717, 1.165) is 28.8 Å². The number of rotatable bonds is 8. The average molecular weight is 626 g/mol. The number of anilines is 3. The lowest BCUT2D eigenvalue weighted by atomic mass is 9.89. The van der Waals surface area contributed by atoms with E-state index in [2.05, 4.69) is 5.32 Å². The summed E-state index contributed by atoms with van der Waals surface area (Å²) in [5, 5.41) is 12.9. The third kappa shape index (κ3) is 6.90. The van der Waals surface area contributed by atoms with Gasteiger partial charge in [0.25, 0.3) is 0 Å². The van der Waals surface area contributed by atoms with Gasteiger partial charge in [-0.1, -0.05) is 42.5 Å². The molecule has 46 heavy (non-hydrogen) atoms. The first-order valence-electron chi connectivity index (χ1n) is 15.7. The van der Waals surface area contributed by atoms with E-state index in [1.54, 1.807) is 33.9 Å². The minimum Gasteiger partial charge on any atom is -0.481 e. The summed E-state index contributed by atoms with van der Waals surface area (Å²) in [7, 11) is 1.71. The molecule has 11 heteroatoms. The van der Waals surface area contributed by atoms with E-state index in [1.165, 1.54) is 0 Å². The summed E-state index contributed by atoms with van der Waals surface area (Å²) < 4.78 is 5.36. The summed E-state index contributed by atoms with van der Waals surface area (Å²) in [4.78, 5) is 58.1. The molecule has 3 aliphatic rings. The number of carboxylic acid groups (broad SMARTS) is 1. The van der Waals surface area contributed by atoms with E-state index in [4.69, 9.17) is 4.74 Å². The van der Waals surface area contributed by atoms with Crippen molar-refractivity contribution in [3.63, 3.8) is 0 Å². The van der Waals surface area contributed by atoms with Gasteiger partial charge in [0.05, 0.1) is 32.1 Å². The van der Waals surface area contributed by atoms with Crippen molar-refractivity contribution >= 4 is 40.9 Å². The van der Waals surface area contributed by atoms with Crippen molar-refractivity contribution < 1.29 is 29.0 Å². The normalized spacial score (nSPS) is 19.5. The van der Waals surface area contributed by atoms with E-state index in [-0.39, 0.29) is 43.3 Å². The quantitative estimate of drug-likeness (QED) is 0.393. The molecule has 0 saturated carbocycles. The lowest BCUT2D eigenvalue weighted by Crippen LogP contribution is -2.44. The van der Waals surface area contributed by atoms with Crippen molar-refractivity contribution in [2.75, 3.05) is 74.6 Å². The molecular formula is C35H39N5O6. The molecule has 2 atom stereocenters. The molecule has 3 aromatic carbocycles. The SMILES string of the molecule is CN(C(=O)Cc1ccc(NC(=O)N2CCc3ccccc32)cc1)c1ccc(C2CN(C(=O)CN3CCOCC3)CC2C(=O)O)cc1. The van der Waals surface area contributed by atoms with E-state index in [9.17, 15) is 24.3 Å². The predicted octanol–water partition coefficient (Wildman–Crippen LogP) is 3.45. The number of aliphatic carboxylic acids is 1. The molecule has 0 aliphatic carbocycles. The highest BCUT2D eigenvalue weighted by Crippen LogP contribution is 2.34. The number of carboxylic acids is 1. The second-order valence-corrected chi connectivity index (χ2v) is 12.1. The molecule has 0 aromatic heterocycles. The molecule has 3 aliphatic heterocycles. The van der Waals surface area contributed by atoms with Crippen molar-refractivity contribution in [1.82, 2.24) is 9.80 Å². The van der Waals surface area contributed by atoms with Crippen molar-refractivity contribution in [3.8, 4) is 0 Å². The summed E-state index contributed by atoms with van der Waals surface area (Å²) >= 11 is 0. The van der Waals surface area contributed by atoms with Gasteiger partial charge in [-0.2, -0.15) is 0 Å². The van der Waals surface area contributed by atoms with Crippen LogP contribution in [0.15, 0.2) is 72.8 Å². The Balaban J connectivity index is 1.03. The van der Waals surface area contributed by atoms with Crippen LogP contribution in [0.4, 0.5) is 21.9 Å². The molecule has 240 valence electrons. The van der Waals surface area contributed by atoms with Crippen LogP contribution in [0.3, 0.4) is 0 Å². The molecule has 2 saturated heterocycles. The standard InChI is InChI=1S/C35H39N5O6/c1-37(32(41)20-24-6-10-27(11-7-24)36-35(45)40-15-14-26-4-2-3-5-31(26)40)28-12-8-25(9-13-28)29-21-39(22-30(29)34(43)44)33(42)23-38-16-18-46-19-17-38/h2-13,29-30H,14-23H2,1H3,(H,36,45)(H,43,44). The number of likely N-dealkylation sites (tertiary alicyclic amines) is 1. The van der Waals surface area contributed by atoms with Gasteiger partial charge in [0.1, 0.15) is 0 Å². The van der Waals surface area contributed by atoms with Crippen molar-refractivity contribution in [2.45, 2.75) is 18.8 Å². The summed E-state index contributed by atoms with van der Waals surface area (Å²) in [6.45, 7) is 4.00. The van der Waals surface area contributed by atoms with Crippen LogP contribution in [0.1, 0.15) is 22.6 Å². The number of carbonyl (C=O) groups is 4. The topological polar surface area (TPSA) is 123 Å². The molecule has 3 aromatic rings. The number of amides is 4. The summed E-state index contributed by atoms with van der Waals surface area (Å²) in [6, 6.07) is 22.3. The molecule has 4 amide bonds. The second-order valence-electron chi connectivity index (χ2n) is 12.1. The van der Waals surface area contributed by atoms with Gasteiger partial charge in [-0.25, -0.2) is 4.79 Å². The minimum atomic E-state index is -0.921. The molecule has 2 unspecified atom stereocenters. The summed E-state index contributed by atoms with van der Waals surface area (Å²) in [5.74, 6) is -2.12. The summed E-state index contributed by atoms with van der Waals surface area (Å²) in [5.41, 5.74) is 5.08. The molecule has 11 nitrogen and oxygen atoms in total. The number of hydrogen-bond acceptors (Lipinski definition) is 6. The molecule has 2 fully saturated rings. The number of likely N-dealkylation sites (N-methyl/N-ethyl adjacent to an activating group) is 1. The highest BCUT2D eigenvalue weighted by atomic mass is 16.5. The Morgan fingerprint density at radius 2 is 1.63 bits per heavy atom. The second kappa shape index (κ2) is 13.7. The summed E-state index contributed by atoms with van der Waals surface area (Å²) in [6.07, 6.45) is 1.01. The van der Waals surface area contributed by atoms with Crippen LogP contribution in [0.2, 0.25) is 0 Å². The molecule has 0 bridgehead atoms. The van der Waals surface area contributed by atoms with Crippen LogP contribution >= 0.6 is 0 Å². The number of ether oxygens (including phenoxy) is 1. The van der Waals surface area contributed by atoms with Crippen molar-refractivity contribution in [2.24, 2.45) is 5.92 Å². The predicted molar refractivity (Wildman–Crippen MR) is 174 cm³/mol. The molecule has 3 heterocycles. The largest absolute Gasteiger partial charge is 0.481 e. The van der Waals surface area contributed by atoms with E-state index in [1.807, 2.05) is 65.6 Å². The van der Waals surface area contributed by atoms with Crippen LogP contribution < -0.4 is 15.1 Å². The maximum atomic E-state index is 13.1. The first-order chi connectivity index (χ1) is 22.3. The Morgan fingerprint density at radius 1 is 0.913 bits per heavy atom. The average Bonchev–Trinajstić information content (AvgIpc) is 3.72. The van der Waals surface area contributed by atoms with Gasteiger partial charge in [0.2, 0.25) is 11.8 Å². The number of urea groups is 1. The van der Waals surface area contributed by atoms with Gasteiger partial charge in [0, 0.05) is 62.8 Å². The number of para-hydroxylation sites is 1. The van der Waals surface area contributed by atoms with Gasteiger partial charge < -0.3 is 25.0 Å². The Kier molecular flexibility index (Phi) is 9.32. The Labute approximate surface area is 268 Å². The lowest BCUT2D eigenvalue weighted by Gasteiger charge is -2.28. The monoisotopic (exact) mass is 625 g/mol. The number of benzene rings is 3. The number of carbonyl (C=O) groups excluding carboxylic acids is 3.